The van der Waals surface area contributed by atoms with Crippen molar-refractivity contribution in [1.29, 1.82) is 5.26 Å². The molecule has 0 radical (unpaired) electrons. The molecule has 1 aromatic carbocycles. The molecule has 0 spiro atoms. The third-order valence-electron chi connectivity index (χ3n) is 2.65. The number of nitrogens with zero attached hydrogens (tertiary/aromatic N) is 1. The third kappa shape index (κ3) is 7.31. The van der Waals surface area contributed by atoms with Crippen molar-refractivity contribution in [2.45, 2.75) is 41.5 Å². The number of hydrogen-bond acceptors (Lipinski definition) is 3. The molecule has 0 aliphatic rings. The first-order chi connectivity index (χ1) is 9.61. The summed E-state index contributed by atoms with van der Waals surface area (Å²) in [5.41, 5.74) is 1.75. The third-order valence-corrected chi connectivity index (χ3v) is 2.65. The standard InChI is InChI=1S/C17H26BNO2/c1-16(2,3)12-20-18(21-13-17(4,5)6)15-9-7-14(11-19)8-10-15/h7-10H,12-13H2,1-6H3. The van der Waals surface area contributed by atoms with Crippen molar-refractivity contribution in [3.63, 3.8) is 0 Å². The van der Waals surface area contributed by atoms with Crippen LogP contribution in [0, 0.1) is 22.2 Å². The number of nitriles is 1. The van der Waals surface area contributed by atoms with E-state index in [4.69, 9.17) is 14.6 Å². The van der Waals surface area contributed by atoms with E-state index in [0.717, 1.165) is 5.46 Å². The lowest BCUT2D eigenvalue weighted by atomic mass is 9.77. The Hall–Kier alpha value is -1.31. The van der Waals surface area contributed by atoms with Gasteiger partial charge in [-0.2, -0.15) is 5.26 Å². The minimum atomic E-state index is -0.392. The number of hydrogen-bond donors (Lipinski definition) is 0. The minimum absolute atomic E-state index is 0.0793. The highest BCUT2D eigenvalue weighted by Crippen LogP contribution is 2.16. The van der Waals surface area contributed by atoms with Crippen LogP contribution in [-0.2, 0) is 9.31 Å². The molecule has 21 heavy (non-hydrogen) atoms. The van der Waals surface area contributed by atoms with E-state index in [-0.39, 0.29) is 10.8 Å². The average molecular weight is 287 g/mol. The predicted molar refractivity (Wildman–Crippen MR) is 87.4 cm³/mol. The fourth-order valence-electron chi connectivity index (χ4n) is 1.61. The second-order valence-electron chi connectivity index (χ2n) is 7.81. The smallest absolute Gasteiger partial charge is 0.407 e. The summed E-state index contributed by atoms with van der Waals surface area (Å²) in [5.74, 6) is 0. The van der Waals surface area contributed by atoms with Crippen LogP contribution >= 0.6 is 0 Å². The summed E-state index contributed by atoms with van der Waals surface area (Å²) in [6, 6.07) is 9.51. The summed E-state index contributed by atoms with van der Waals surface area (Å²) in [5, 5.41) is 8.87. The van der Waals surface area contributed by atoms with E-state index in [0.29, 0.717) is 18.8 Å². The van der Waals surface area contributed by atoms with Gasteiger partial charge in [0.25, 0.3) is 0 Å². The SMILES string of the molecule is CC(C)(C)COB(OCC(C)(C)C)c1ccc(C#N)cc1. The molecule has 0 bridgehead atoms. The molecule has 0 N–H and O–H groups in total. The molecule has 3 nitrogen and oxygen atoms in total. The molecule has 0 unspecified atom stereocenters. The van der Waals surface area contributed by atoms with Gasteiger partial charge in [-0.05, 0) is 28.4 Å². The lowest BCUT2D eigenvalue weighted by Gasteiger charge is -2.25. The molecule has 0 amide bonds. The first-order valence-electron chi connectivity index (χ1n) is 7.34. The Morgan fingerprint density at radius 1 is 0.905 bits per heavy atom. The van der Waals surface area contributed by atoms with E-state index in [2.05, 4.69) is 47.6 Å². The van der Waals surface area contributed by atoms with Gasteiger partial charge in [0, 0.05) is 13.2 Å². The van der Waals surface area contributed by atoms with E-state index in [1.54, 1.807) is 12.1 Å². The molecule has 0 aromatic heterocycles. The van der Waals surface area contributed by atoms with Gasteiger partial charge in [-0.3, -0.25) is 0 Å². The largest absolute Gasteiger partial charge is 0.493 e. The Bertz CT molecular complexity index is 459. The highest BCUT2D eigenvalue weighted by molar-refractivity contribution is 6.61. The van der Waals surface area contributed by atoms with Gasteiger partial charge in [0.15, 0.2) is 0 Å². The quantitative estimate of drug-likeness (QED) is 0.780. The second-order valence-corrected chi connectivity index (χ2v) is 7.81. The maximum atomic E-state index is 8.87. The van der Waals surface area contributed by atoms with Crippen LogP contribution in [0.3, 0.4) is 0 Å². The van der Waals surface area contributed by atoms with E-state index < -0.39 is 7.12 Å². The molecule has 1 rings (SSSR count). The van der Waals surface area contributed by atoms with Crippen LogP contribution in [-0.4, -0.2) is 20.3 Å². The summed E-state index contributed by atoms with van der Waals surface area (Å²) >= 11 is 0. The van der Waals surface area contributed by atoms with Crippen LogP contribution in [0.15, 0.2) is 24.3 Å². The van der Waals surface area contributed by atoms with Gasteiger partial charge in [-0.1, -0.05) is 53.7 Å². The normalized spacial score (nSPS) is 12.0. The lowest BCUT2D eigenvalue weighted by Crippen LogP contribution is -2.41. The first-order valence-corrected chi connectivity index (χ1v) is 7.34. The molecule has 0 aliphatic carbocycles. The van der Waals surface area contributed by atoms with Crippen LogP contribution in [0.25, 0.3) is 0 Å². The van der Waals surface area contributed by atoms with Crippen molar-refractivity contribution in [3.05, 3.63) is 29.8 Å². The minimum Gasteiger partial charge on any atom is -0.407 e. The zero-order chi connectivity index (χ0) is 16.1. The Morgan fingerprint density at radius 2 is 1.33 bits per heavy atom. The van der Waals surface area contributed by atoms with Crippen LogP contribution in [0.5, 0.6) is 0 Å². The molecule has 0 aliphatic heterocycles. The van der Waals surface area contributed by atoms with Gasteiger partial charge >= 0.3 is 7.12 Å². The van der Waals surface area contributed by atoms with Gasteiger partial charge in [-0.15, -0.1) is 0 Å². The molecule has 0 saturated heterocycles. The molecule has 1 aromatic rings. The zero-order valence-corrected chi connectivity index (χ0v) is 14.1. The maximum absolute atomic E-state index is 8.87. The average Bonchev–Trinajstić information content (AvgIpc) is 2.36. The molecule has 114 valence electrons. The van der Waals surface area contributed by atoms with Crippen molar-refractivity contribution >= 4 is 12.6 Å². The molecule has 0 saturated carbocycles. The Morgan fingerprint density at radius 3 is 1.67 bits per heavy atom. The van der Waals surface area contributed by atoms with Gasteiger partial charge in [-0.25, -0.2) is 0 Å². The van der Waals surface area contributed by atoms with E-state index >= 15 is 0 Å². The second kappa shape index (κ2) is 7.11. The van der Waals surface area contributed by atoms with Crippen molar-refractivity contribution in [1.82, 2.24) is 0 Å². The predicted octanol–water partition coefficient (Wildman–Crippen LogP) is 3.38. The summed E-state index contributed by atoms with van der Waals surface area (Å²) in [7, 11) is -0.392. The Labute approximate surface area is 129 Å². The molecule has 0 atom stereocenters. The van der Waals surface area contributed by atoms with E-state index in [1.165, 1.54) is 0 Å². The molecule has 0 heterocycles. The highest BCUT2D eigenvalue weighted by Gasteiger charge is 2.26. The van der Waals surface area contributed by atoms with Crippen molar-refractivity contribution in [2.24, 2.45) is 10.8 Å². The monoisotopic (exact) mass is 287 g/mol. The fourth-order valence-corrected chi connectivity index (χ4v) is 1.61. The Kier molecular flexibility index (Phi) is 6.01. The number of rotatable bonds is 5. The maximum Gasteiger partial charge on any atom is 0.493 e. The van der Waals surface area contributed by atoms with Crippen LogP contribution in [0.4, 0.5) is 0 Å². The van der Waals surface area contributed by atoms with Gasteiger partial charge in [0.2, 0.25) is 0 Å². The number of benzene rings is 1. The molecule has 0 fully saturated rings. The van der Waals surface area contributed by atoms with Gasteiger partial charge in [0.05, 0.1) is 11.6 Å². The van der Waals surface area contributed by atoms with Gasteiger partial charge in [0.1, 0.15) is 0 Å². The fraction of sp³-hybridized carbons (Fsp3) is 0.588. The van der Waals surface area contributed by atoms with Gasteiger partial charge < -0.3 is 9.31 Å². The van der Waals surface area contributed by atoms with E-state index in [9.17, 15) is 0 Å². The molecule has 4 heteroatoms. The van der Waals surface area contributed by atoms with Crippen LogP contribution < -0.4 is 5.46 Å². The molecular weight excluding hydrogens is 261 g/mol. The van der Waals surface area contributed by atoms with Crippen LogP contribution in [0.1, 0.15) is 47.1 Å². The highest BCUT2D eigenvalue weighted by atomic mass is 16.6. The van der Waals surface area contributed by atoms with E-state index in [1.807, 2.05) is 12.1 Å². The summed E-state index contributed by atoms with van der Waals surface area (Å²) < 4.78 is 11.9. The summed E-state index contributed by atoms with van der Waals surface area (Å²) in [6.45, 7) is 14.0. The van der Waals surface area contributed by atoms with Crippen molar-refractivity contribution < 1.29 is 9.31 Å². The van der Waals surface area contributed by atoms with Crippen molar-refractivity contribution in [2.75, 3.05) is 13.2 Å². The topological polar surface area (TPSA) is 42.2 Å². The summed E-state index contributed by atoms with van der Waals surface area (Å²) in [6.07, 6.45) is 0. The Balaban J connectivity index is 2.81. The van der Waals surface area contributed by atoms with Crippen LogP contribution in [0.2, 0.25) is 0 Å². The van der Waals surface area contributed by atoms with Crippen molar-refractivity contribution in [3.8, 4) is 6.07 Å². The first kappa shape index (κ1) is 17.7. The molecular formula is C17H26BNO2. The lowest BCUT2D eigenvalue weighted by molar-refractivity contribution is 0.119. The summed E-state index contributed by atoms with van der Waals surface area (Å²) in [4.78, 5) is 0. The zero-order valence-electron chi connectivity index (χ0n) is 14.1.